The molecule has 0 radical (unpaired) electrons. The minimum Gasteiger partial charge on any atom is -0.301 e. The lowest BCUT2D eigenvalue weighted by Crippen LogP contribution is -2.59. The summed E-state index contributed by atoms with van der Waals surface area (Å²) in [6, 6.07) is 20.8. The standard InChI is InChI=1S/C38H42N2Si/c1-26-15-6-5-7-24-36(33-21-13-12-18-30(26)33)41(3,4)40-27(2)39-38-34(22-14-23-35(38)40)37-31-19-10-8-16-28(31)25-29-17-9-11-20-32(29)37/h5-23,25-27,30,33,35-36,38-39H,24H2,1-4H3/b7-5-,15-6-/t26?,27-,30?,33?,35+,36?,38?/m0/s1. The topological polar surface area (TPSA) is 15.3 Å². The molecule has 0 aromatic heterocycles. The van der Waals surface area contributed by atoms with Crippen LogP contribution in [0.3, 0.4) is 0 Å². The van der Waals surface area contributed by atoms with E-state index in [4.69, 9.17) is 0 Å². The molecule has 3 aliphatic carbocycles. The van der Waals surface area contributed by atoms with Gasteiger partial charge in [0.1, 0.15) is 8.24 Å². The van der Waals surface area contributed by atoms with E-state index in [-0.39, 0.29) is 6.04 Å². The van der Waals surface area contributed by atoms with Crippen molar-refractivity contribution < 1.29 is 0 Å². The van der Waals surface area contributed by atoms with Gasteiger partial charge in [0.25, 0.3) is 0 Å². The third kappa shape index (κ3) is 4.46. The van der Waals surface area contributed by atoms with E-state index in [1.807, 2.05) is 0 Å². The van der Waals surface area contributed by atoms with E-state index < -0.39 is 8.24 Å². The van der Waals surface area contributed by atoms with E-state index in [1.165, 1.54) is 32.7 Å². The van der Waals surface area contributed by atoms with Crippen LogP contribution >= 0.6 is 0 Å². The first-order valence-corrected chi connectivity index (χ1v) is 18.5. The van der Waals surface area contributed by atoms with Crippen LogP contribution < -0.4 is 5.32 Å². The Balaban J connectivity index is 1.30. The van der Waals surface area contributed by atoms with Gasteiger partial charge in [-0.25, -0.2) is 0 Å². The first-order valence-electron chi connectivity index (χ1n) is 15.5. The smallest absolute Gasteiger partial charge is 0.128 e. The van der Waals surface area contributed by atoms with E-state index in [1.54, 1.807) is 0 Å². The van der Waals surface area contributed by atoms with Crippen molar-refractivity contribution in [1.29, 1.82) is 0 Å². The van der Waals surface area contributed by atoms with Gasteiger partial charge < -0.3 is 4.57 Å². The van der Waals surface area contributed by atoms with E-state index >= 15 is 0 Å². The quantitative estimate of drug-likeness (QED) is 0.257. The lowest BCUT2D eigenvalue weighted by Gasteiger charge is -2.49. The van der Waals surface area contributed by atoms with Crippen LogP contribution in [0.15, 0.2) is 121 Å². The fraction of sp³-hybridized carbons (Fsp3) is 0.316. The SMILES string of the molecule is CC1/C=C\C=C/CC([Si](C)(C)N2[C@@H]3C=CC=C(c4c5ccccc5cc5ccccc45)C3N[C@@H]2C)C2C=CC=CC12. The van der Waals surface area contributed by atoms with Crippen molar-refractivity contribution in [2.45, 2.75) is 57.2 Å². The number of nitrogens with zero attached hydrogens (tertiary/aromatic N) is 1. The Kier molecular flexibility index (Phi) is 6.85. The summed E-state index contributed by atoms with van der Waals surface area (Å²) in [5, 5.41) is 9.45. The molecule has 3 aromatic carbocycles. The minimum absolute atomic E-state index is 0.265. The number of hydrogen-bond donors (Lipinski definition) is 1. The van der Waals surface area contributed by atoms with Gasteiger partial charge in [-0.2, -0.15) is 0 Å². The molecule has 7 atom stereocenters. The predicted octanol–water partition coefficient (Wildman–Crippen LogP) is 9.02. The molecule has 0 spiro atoms. The average molecular weight is 555 g/mol. The van der Waals surface area contributed by atoms with Gasteiger partial charge in [0.2, 0.25) is 0 Å². The maximum atomic E-state index is 4.13. The summed E-state index contributed by atoms with van der Waals surface area (Å²) in [4.78, 5) is 0. The molecular weight excluding hydrogens is 513 g/mol. The van der Waals surface area contributed by atoms with Gasteiger partial charge in [-0.3, -0.25) is 5.32 Å². The highest BCUT2D eigenvalue weighted by molar-refractivity contribution is 6.76. The second-order valence-corrected chi connectivity index (χ2v) is 17.6. The molecule has 1 fully saturated rings. The monoisotopic (exact) mass is 554 g/mol. The van der Waals surface area contributed by atoms with E-state index in [9.17, 15) is 0 Å². The second kappa shape index (κ2) is 10.5. The second-order valence-electron chi connectivity index (χ2n) is 13.0. The number of fused-ring (bicyclic) bond motifs is 4. The van der Waals surface area contributed by atoms with Crippen molar-refractivity contribution in [3.05, 3.63) is 127 Å². The van der Waals surface area contributed by atoms with Crippen LogP contribution in [0.4, 0.5) is 0 Å². The Bertz CT molecular complexity index is 1600. The summed E-state index contributed by atoms with van der Waals surface area (Å²) < 4.78 is 2.94. The Morgan fingerprint density at radius 3 is 2.15 bits per heavy atom. The molecule has 0 saturated carbocycles. The van der Waals surface area contributed by atoms with E-state index in [0.29, 0.717) is 35.5 Å². The van der Waals surface area contributed by atoms with E-state index in [0.717, 1.165) is 6.42 Å². The van der Waals surface area contributed by atoms with E-state index in [2.05, 4.69) is 158 Å². The molecule has 1 saturated heterocycles. The van der Waals surface area contributed by atoms with Crippen molar-refractivity contribution in [2.24, 2.45) is 17.8 Å². The van der Waals surface area contributed by atoms with Gasteiger partial charge in [0.15, 0.2) is 0 Å². The molecule has 2 nitrogen and oxygen atoms in total. The number of rotatable bonds is 3. The maximum absolute atomic E-state index is 4.13. The minimum atomic E-state index is -1.97. The van der Waals surface area contributed by atoms with Crippen LogP contribution in [-0.4, -0.2) is 31.1 Å². The van der Waals surface area contributed by atoms with Gasteiger partial charge in [-0.15, -0.1) is 0 Å². The zero-order valence-electron chi connectivity index (χ0n) is 24.7. The highest BCUT2D eigenvalue weighted by Crippen LogP contribution is 2.48. The zero-order chi connectivity index (χ0) is 28.1. The maximum Gasteiger partial charge on any atom is 0.128 e. The molecule has 3 heteroatoms. The molecule has 5 unspecified atom stereocenters. The van der Waals surface area contributed by atoms with Crippen LogP contribution in [0.25, 0.3) is 27.1 Å². The third-order valence-electron chi connectivity index (χ3n) is 10.4. The number of benzene rings is 3. The van der Waals surface area contributed by atoms with Gasteiger partial charge >= 0.3 is 0 Å². The lowest BCUT2D eigenvalue weighted by atomic mass is 9.77. The first-order chi connectivity index (χ1) is 19.9. The molecule has 3 aromatic rings. The molecule has 1 heterocycles. The highest BCUT2D eigenvalue weighted by Gasteiger charge is 2.52. The summed E-state index contributed by atoms with van der Waals surface area (Å²) >= 11 is 0. The van der Waals surface area contributed by atoms with Crippen molar-refractivity contribution in [1.82, 2.24) is 9.88 Å². The van der Waals surface area contributed by atoms with Gasteiger partial charge in [0.05, 0.1) is 12.2 Å². The molecule has 208 valence electrons. The average Bonchev–Trinajstić information content (AvgIpc) is 3.37. The van der Waals surface area contributed by atoms with Crippen LogP contribution in [-0.2, 0) is 0 Å². The normalized spacial score (nSPS) is 33.1. The Morgan fingerprint density at radius 1 is 0.756 bits per heavy atom. The Labute approximate surface area is 246 Å². The van der Waals surface area contributed by atoms with Crippen molar-refractivity contribution in [3.63, 3.8) is 0 Å². The fourth-order valence-corrected chi connectivity index (χ4v) is 13.0. The summed E-state index contributed by atoms with van der Waals surface area (Å²) in [6.07, 6.45) is 27.6. The molecule has 41 heavy (non-hydrogen) atoms. The molecule has 0 bridgehead atoms. The Morgan fingerprint density at radius 2 is 1.41 bits per heavy atom. The van der Waals surface area contributed by atoms with Crippen molar-refractivity contribution in [2.75, 3.05) is 0 Å². The summed E-state index contributed by atoms with van der Waals surface area (Å²) in [7, 11) is -1.97. The van der Waals surface area contributed by atoms with Gasteiger partial charge in [-0.1, -0.05) is 135 Å². The van der Waals surface area contributed by atoms with Crippen LogP contribution in [0.5, 0.6) is 0 Å². The highest BCUT2D eigenvalue weighted by atomic mass is 28.3. The Hall–Kier alpha value is -3.24. The fourth-order valence-electron chi connectivity index (χ4n) is 8.51. The largest absolute Gasteiger partial charge is 0.301 e. The van der Waals surface area contributed by atoms with Crippen LogP contribution in [0, 0.1) is 17.8 Å². The number of hydrogen-bond acceptors (Lipinski definition) is 2. The summed E-state index contributed by atoms with van der Waals surface area (Å²) in [6.45, 7) is 10.1. The third-order valence-corrected chi connectivity index (χ3v) is 14.9. The lowest BCUT2D eigenvalue weighted by molar-refractivity contribution is 0.314. The zero-order valence-corrected chi connectivity index (χ0v) is 25.7. The van der Waals surface area contributed by atoms with Crippen molar-refractivity contribution >= 4 is 35.4 Å². The molecule has 1 N–H and O–H groups in total. The molecular formula is C38H42N2Si. The van der Waals surface area contributed by atoms with Gasteiger partial charge in [0, 0.05) is 6.04 Å². The summed E-state index contributed by atoms with van der Waals surface area (Å²) in [5.74, 6) is 1.63. The van der Waals surface area contributed by atoms with Crippen molar-refractivity contribution in [3.8, 4) is 0 Å². The molecule has 7 rings (SSSR count). The molecule has 4 aliphatic rings. The molecule has 0 amide bonds. The number of allylic oxidation sites excluding steroid dienone is 10. The van der Waals surface area contributed by atoms with Crippen LogP contribution in [0.2, 0.25) is 18.6 Å². The van der Waals surface area contributed by atoms with Gasteiger partial charge in [-0.05, 0) is 75.4 Å². The predicted molar refractivity (Wildman–Crippen MR) is 179 cm³/mol. The molecule has 1 aliphatic heterocycles. The first kappa shape index (κ1) is 26.6. The summed E-state index contributed by atoms with van der Waals surface area (Å²) in [5.41, 5.74) is 3.44. The van der Waals surface area contributed by atoms with Crippen LogP contribution in [0.1, 0.15) is 25.8 Å². The number of nitrogens with one attached hydrogen (secondary N) is 1.